The Bertz CT molecular complexity index is 300. The molecule has 1 N–H and O–H groups in total. The smallest absolute Gasteiger partial charge is 0.231 e. The van der Waals surface area contributed by atoms with E-state index in [9.17, 15) is 0 Å². The number of aryl methyl sites for hydroxylation is 1. The van der Waals surface area contributed by atoms with Crippen LogP contribution in [0.2, 0.25) is 0 Å². The normalized spacial score (nSPS) is 27.0. The van der Waals surface area contributed by atoms with Gasteiger partial charge in [0, 0.05) is 26.1 Å². The minimum atomic E-state index is 0.302. The van der Waals surface area contributed by atoms with E-state index in [1.165, 1.54) is 0 Å². The summed E-state index contributed by atoms with van der Waals surface area (Å²) in [5.41, 5.74) is 0. The third-order valence-electron chi connectivity index (χ3n) is 2.58. The lowest BCUT2D eigenvalue weighted by atomic mass is 9.97. The van der Waals surface area contributed by atoms with Crippen molar-refractivity contribution in [3.8, 4) is 0 Å². The lowest BCUT2D eigenvalue weighted by molar-refractivity contribution is 0.146. The minimum Gasteiger partial charge on any atom is -0.384 e. The van der Waals surface area contributed by atoms with E-state index < -0.39 is 0 Å². The van der Waals surface area contributed by atoms with E-state index in [0.29, 0.717) is 17.7 Å². The molecule has 78 valence electrons. The van der Waals surface area contributed by atoms with E-state index in [-0.39, 0.29) is 0 Å². The maximum Gasteiger partial charge on any atom is 0.231 e. The number of nitrogens with one attached hydrogen (secondary N) is 1. The Morgan fingerprint density at radius 3 is 3.07 bits per heavy atom. The fourth-order valence-electron chi connectivity index (χ4n) is 1.87. The van der Waals surface area contributed by atoms with Crippen LogP contribution in [-0.4, -0.2) is 36.9 Å². The van der Waals surface area contributed by atoms with Gasteiger partial charge in [0.25, 0.3) is 0 Å². The summed E-state index contributed by atoms with van der Waals surface area (Å²) in [6.45, 7) is 4.43. The first kappa shape index (κ1) is 9.61. The summed E-state index contributed by atoms with van der Waals surface area (Å²) in [4.78, 5) is 4.25. The van der Waals surface area contributed by atoms with Crippen LogP contribution in [0.1, 0.15) is 17.6 Å². The average Bonchev–Trinajstić information content (AvgIpc) is 2.74. The highest BCUT2D eigenvalue weighted by atomic mass is 16.5. The van der Waals surface area contributed by atoms with Gasteiger partial charge in [-0.1, -0.05) is 5.16 Å². The fraction of sp³-hybridized carbons (Fsp3) is 0.778. The molecule has 0 aromatic carbocycles. The van der Waals surface area contributed by atoms with E-state index in [1.807, 2.05) is 6.92 Å². The second-order valence-corrected chi connectivity index (χ2v) is 3.66. The predicted octanol–water partition coefficient (Wildman–Crippen LogP) is 0.327. The molecule has 0 bridgehead atoms. The van der Waals surface area contributed by atoms with Crippen LogP contribution in [0.4, 0.5) is 0 Å². The van der Waals surface area contributed by atoms with Crippen LogP contribution in [0.25, 0.3) is 0 Å². The Hall–Kier alpha value is -0.940. The predicted molar refractivity (Wildman–Crippen MR) is 50.0 cm³/mol. The van der Waals surface area contributed by atoms with Crippen molar-refractivity contribution in [1.82, 2.24) is 15.5 Å². The zero-order valence-electron chi connectivity index (χ0n) is 8.49. The molecule has 1 aliphatic rings. The van der Waals surface area contributed by atoms with Gasteiger partial charge in [0.15, 0.2) is 5.82 Å². The van der Waals surface area contributed by atoms with Gasteiger partial charge in [-0.05, 0) is 6.92 Å². The van der Waals surface area contributed by atoms with E-state index in [4.69, 9.17) is 9.26 Å². The summed E-state index contributed by atoms with van der Waals surface area (Å²) in [6.07, 6.45) is 0. The molecule has 2 heterocycles. The molecule has 0 spiro atoms. The summed E-state index contributed by atoms with van der Waals surface area (Å²) in [6, 6.07) is 0. The van der Waals surface area contributed by atoms with Crippen LogP contribution in [0.5, 0.6) is 0 Å². The van der Waals surface area contributed by atoms with Gasteiger partial charge in [-0.15, -0.1) is 0 Å². The standard InChI is InChI=1S/C9H15N3O2/c1-6-11-9(14-12-6)8-4-10-3-7(8)5-13-2/h7-8,10H,3-5H2,1-2H3/t7-,8+/m0/s1. The summed E-state index contributed by atoms with van der Waals surface area (Å²) in [7, 11) is 1.72. The molecule has 0 amide bonds. The third kappa shape index (κ3) is 1.78. The fourth-order valence-corrected chi connectivity index (χ4v) is 1.87. The molecule has 14 heavy (non-hydrogen) atoms. The Labute approximate surface area is 82.8 Å². The summed E-state index contributed by atoms with van der Waals surface area (Å²) in [5, 5.41) is 7.11. The Balaban J connectivity index is 2.09. The molecular weight excluding hydrogens is 182 g/mol. The van der Waals surface area contributed by atoms with Crippen LogP contribution in [0, 0.1) is 12.8 Å². The van der Waals surface area contributed by atoms with Crippen LogP contribution in [0.3, 0.4) is 0 Å². The molecule has 0 unspecified atom stereocenters. The first-order valence-electron chi connectivity index (χ1n) is 4.81. The van der Waals surface area contributed by atoms with Crippen molar-refractivity contribution in [1.29, 1.82) is 0 Å². The van der Waals surface area contributed by atoms with Crippen molar-refractivity contribution in [3.05, 3.63) is 11.7 Å². The number of ether oxygens (including phenoxy) is 1. The zero-order chi connectivity index (χ0) is 9.97. The summed E-state index contributed by atoms with van der Waals surface area (Å²) < 4.78 is 10.3. The SMILES string of the molecule is COC[C@@H]1CNC[C@H]1c1nc(C)no1. The van der Waals surface area contributed by atoms with Crippen molar-refractivity contribution in [2.45, 2.75) is 12.8 Å². The lowest BCUT2D eigenvalue weighted by Gasteiger charge is -2.12. The van der Waals surface area contributed by atoms with Gasteiger partial charge < -0.3 is 14.6 Å². The van der Waals surface area contributed by atoms with Crippen LogP contribution >= 0.6 is 0 Å². The van der Waals surface area contributed by atoms with Gasteiger partial charge in [0.2, 0.25) is 5.89 Å². The number of rotatable bonds is 3. The van der Waals surface area contributed by atoms with E-state index in [1.54, 1.807) is 7.11 Å². The lowest BCUT2D eigenvalue weighted by Crippen LogP contribution is -2.16. The summed E-state index contributed by atoms with van der Waals surface area (Å²) >= 11 is 0. The van der Waals surface area contributed by atoms with Crippen molar-refractivity contribution in [3.63, 3.8) is 0 Å². The highest BCUT2D eigenvalue weighted by Crippen LogP contribution is 2.26. The molecule has 5 nitrogen and oxygen atoms in total. The van der Waals surface area contributed by atoms with Crippen molar-refractivity contribution < 1.29 is 9.26 Å². The molecule has 1 fully saturated rings. The number of methoxy groups -OCH3 is 1. The molecule has 1 aliphatic heterocycles. The summed E-state index contributed by atoms with van der Waals surface area (Å²) in [5.74, 6) is 2.17. The molecule has 1 aromatic rings. The third-order valence-corrected chi connectivity index (χ3v) is 2.58. The molecule has 0 aliphatic carbocycles. The van der Waals surface area contributed by atoms with Crippen LogP contribution < -0.4 is 5.32 Å². The van der Waals surface area contributed by atoms with E-state index in [0.717, 1.165) is 25.6 Å². The minimum absolute atomic E-state index is 0.302. The van der Waals surface area contributed by atoms with Gasteiger partial charge in [0.05, 0.1) is 12.5 Å². The van der Waals surface area contributed by atoms with Crippen molar-refractivity contribution in [2.75, 3.05) is 26.8 Å². The molecule has 0 saturated carbocycles. The van der Waals surface area contributed by atoms with Gasteiger partial charge in [-0.2, -0.15) is 4.98 Å². The molecular formula is C9H15N3O2. The number of aromatic nitrogens is 2. The molecule has 2 rings (SSSR count). The average molecular weight is 197 g/mol. The maximum atomic E-state index is 5.17. The molecule has 1 saturated heterocycles. The van der Waals surface area contributed by atoms with Gasteiger partial charge in [0.1, 0.15) is 0 Å². The molecule has 0 radical (unpaired) electrons. The molecule has 1 aromatic heterocycles. The quantitative estimate of drug-likeness (QED) is 0.756. The second-order valence-electron chi connectivity index (χ2n) is 3.66. The number of hydrogen-bond donors (Lipinski definition) is 1. The highest BCUT2D eigenvalue weighted by molar-refractivity contribution is 5.01. The maximum absolute atomic E-state index is 5.17. The second kappa shape index (κ2) is 4.06. The van der Waals surface area contributed by atoms with Gasteiger partial charge in [-0.25, -0.2) is 0 Å². The first-order valence-corrected chi connectivity index (χ1v) is 4.81. The van der Waals surface area contributed by atoms with Crippen LogP contribution in [0.15, 0.2) is 4.52 Å². The molecule has 2 atom stereocenters. The number of hydrogen-bond acceptors (Lipinski definition) is 5. The van der Waals surface area contributed by atoms with Crippen molar-refractivity contribution >= 4 is 0 Å². The molecule has 5 heteroatoms. The highest BCUT2D eigenvalue weighted by Gasteiger charge is 2.32. The van der Waals surface area contributed by atoms with Gasteiger partial charge in [-0.3, -0.25) is 0 Å². The number of nitrogens with zero attached hydrogens (tertiary/aromatic N) is 2. The zero-order valence-corrected chi connectivity index (χ0v) is 8.49. The van der Waals surface area contributed by atoms with E-state index in [2.05, 4.69) is 15.5 Å². The Kier molecular flexibility index (Phi) is 2.79. The Morgan fingerprint density at radius 1 is 1.57 bits per heavy atom. The Morgan fingerprint density at radius 2 is 2.43 bits per heavy atom. The topological polar surface area (TPSA) is 60.2 Å². The largest absolute Gasteiger partial charge is 0.384 e. The monoisotopic (exact) mass is 197 g/mol. The van der Waals surface area contributed by atoms with Crippen LogP contribution in [-0.2, 0) is 4.74 Å². The first-order chi connectivity index (χ1) is 6.81. The van der Waals surface area contributed by atoms with Gasteiger partial charge >= 0.3 is 0 Å². The van der Waals surface area contributed by atoms with E-state index >= 15 is 0 Å². The van der Waals surface area contributed by atoms with Crippen molar-refractivity contribution in [2.24, 2.45) is 5.92 Å².